The highest BCUT2D eigenvalue weighted by Gasteiger charge is 2.34. The molecule has 0 radical (unpaired) electrons. The van der Waals surface area contributed by atoms with Crippen molar-refractivity contribution in [3.05, 3.63) is 70.8 Å². The Hall–Kier alpha value is -3.48. The molecule has 0 aliphatic heterocycles. The molecule has 0 unspecified atom stereocenters. The van der Waals surface area contributed by atoms with Crippen molar-refractivity contribution in [1.29, 1.82) is 0 Å². The summed E-state index contributed by atoms with van der Waals surface area (Å²) in [5.74, 6) is 0.225. The summed E-state index contributed by atoms with van der Waals surface area (Å²) in [6.07, 6.45) is 8.26. The van der Waals surface area contributed by atoms with Crippen molar-refractivity contribution >= 4 is 18.1 Å². The van der Waals surface area contributed by atoms with Gasteiger partial charge in [0.15, 0.2) is 0 Å². The van der Waals surface area contributed by atoms with E-state index < -0.39 is 5.97 Å². The topological polar surface area (TPSA) is 77.2 Å². The number of carboxylic acid groups (broad SMARTS) is 1. The molecule has 1 aromatic heterocycles. The van der Waals surface area contributed by atoms with E-state index in [-0.39, 0.29) is 18.2 Å². The molecule has 0 saturated heterocycles. The zero-order valence-corrected chi connectivity index (χ0v) is 18.4. The highest BCUT2D eigenvalue weighted by molar-refractivity contribution is 5.71. The number of nitrogens with zero attached hydrogens (tertiary/aromatic N) is 3. The van der Waals surface area contributed by atoms with Gasteiger partial charge >= 0.3 is 5.97 Å². The van der Waals surface area contributed by atoms with Crippen molar-refractivity contribution in [1.82, 2.24) is 15.0 Å². The quantitative estimate of drug-likeness (QED) is 0.473. The second-order valence-electron chi connectivity index (χ2n) is 8.91. The van der Waals surface area contributed by atoms with Gasteiger partial charge in [-0.2, -0.15) is 0 Å². The third kappa shape index (κ3) is 4.67. The number of carboxylic acids is 1. The number of aromatic nitrogens is 3. The molecule has 5 rings (SSSR count). The van der Waals surface area contributed by atoms with Crippen LogP contribution < -0.4 is 4.74 Å². The summed E-state index contributed by atoms with van der Waals surface area (Å²) in [6, 6.07) is 12.6. The van der Waals surface area contributed by atoms with Crippen molar-refractivity contribution in [2.45, 2.75) is 43.9 Å². The van der Waals surface area contributed by atoms with E-state index in [4.69, 9.17) is 4.74 Å². The van der Waals surface area contributed by atoms with Gasteiger partial charge in [-0.15, -0.1) is 5.10 Å². The fourth-order valence-electron chi connectivity index (χ4n) is 4.43. The minimum Gasteiger partial charge on any atom is -0.497 e. The van der Waals surface area contributed by atoms with Crippen LogP contribution >= 0.6 is 0 Å². The molecule has 6 nitrogen and oxygen atoms in total. The average Bonchev–Trinajstić information content (AvgIpc) is 3.75. The summed E-state index contributed by atoms with van der Waals surface area (Å²) < 4.78 is 21.4. The molecular weight excluding hydrogens is 421 g/mol. The molecule has 2 fully saturated rings. The van der Waals surface area contributed by atoms with Gasteiger partial charge in [-0.1, -0.05) is 35.6 Å². The maximum absolute atomic E-state index is 14.6. The Bertz CT molecular complexity index is 1210. The van der Waals surface area contributed by atoms with Gasteiger partial charge in [-0.05, 0) is 66.9 Å². The van der Waals surface area contributed by atoms with Gasteiger partial charge < -0.3 is 9.84 Å². The number of hydrogen-bond acceptors (Lipinski definition) is 4. The SMILES string of the molecule is COc1ccc(F)c(-n2nnc(/C=C/c3cccc([C@@H](CC(=O)O)C4CC4)c3)c2C2CC2)c1. The number of hydrogen-bond donors (Lipinski definition) is 1. The summed E-state index contributed by atoms with van der Waals surface area (Å²) in [4.78, 5) is 11.3. The van der Waals surface area contributed by atoms with Crippen LogP contribution in [0.1, 0.15) is 66.5 Å². The van der Waals surface area contributed by atoms with Crippen molar-refractivity contribution < 1.29 is 19.0 Å². The third-order valence-electron chi connectivity index (χ3n) is 6.44. The minimum atomic E-state index is -0.761. The normalized spacial score (nSPS) is 16.8. The fraction of sp³-hybridized carbons (Fsp3) is 0.346. The molecule has 2 aromatic carbocycles. The van der Waals surface area contributed by atoms with E-state index in [0.29, 0.717) is 23.3 Å². The van der Waals surface area contributed by atoms with Crippen LogP contribution in [0.3, 0.4) is 0 Å². The van der Waals surface area contributed by atoms with Crippen molar-refractivity contribution in [2.75, 3.05) is 7.11 Å². The first-order chi connectivity index (χ1) is 16.0. The molecule has 1 atom stereocenters. The Morgan fingerprint density at radius 3 is 2.73 bits per heavy atom. The monoisotopic (exact) mass is 447 g/mol. The lowest BCUT2D eigenvalue weighted by atomic mass is 9.90. The Labute approximate surface area is 191 Å². The van der Waals surface area contributed by atoms with Gasteiger partial charge in [0.25, 0.3) is 0 Å². The smallest absolute Gasteiger partial charge is 0.303 e. The van der Waals surface area contributed by atoms with Crippen LogP contribution in [0.15, 0.2) is 42.5 Å². The molecule has 33 heavy (non-hydrogen) atoms. The molecule has 3 aromatic rings. The van der Waals surface area contributed by atoms with Crippen LogP contribution in [0.2, 0.25) is 0 Å². The molecule has 0 bridgehead atoms. The zero-order valence-electron chi connectivity index (χ0n) is 18.4. The van der Waals surface area contributed by atoms with Crippen LogP contribution in [-0.4, -0.2) is 33.2 Å². The molecule has 0 spiro atoms. The van der Waals surface area contributed by atoms with Gasteiger partial charge in [0.1, 0.15) is 22.9 Å². The minimum absolute atomic E-state index is 0.0507. The van der Waals surface area contributed by atoms with E-state index in [1.165, 1.54) is 6.07 Å². The summed E-state index contributed by atoms with van der Waals surface area (Å²) in [6.45, 7) is 0. The first-order valence-corrected chi connectivity index (χ1v) is 11.3. The van der Waals surface area contributed by atoms with E-state index in [2.05, 4.69) is 16.4 Å². The summed E-state index contributed by atoms with van der Waals surface area (Å²) in [7, 11) is 1.55. The number of benzene rings is 2. The molecule has 0 amide bonds. The summed E-state index contributed by atoms with van der Waals surface area (Å²) in [5.41, 5.74) is 3.98. The van der Waals surface area contributed by atoms with Gasteiger partial charge in [0, 0.05) is 12.0 Å². The van der Waals surface area contributed by atoms with Crippen molar-refractivity contribution in [2.24, 2.45) is 5.92 Å². The molecule has 170 valence electrons. The summed E-state index contributed by atoms with van der Waals surface area (Å²) in [5, 5.41) is 17.9. The predicted octanol–water partition coefficient (Wildman–Crippen LogP) is 5.43. The Balaban J connectivity index is 1.45. The van der Waals surface area contributed by atoms with E-state index in [1.54, 1.807) is 23.9 Å². The van der Waals surface area contributed by atoms with Crippen LogP contribution in [0.25, 0.3) is 17.8 Å². The van der Waals surface area contributed by atoms with Crippen LogP contribution in [0.5, 0.6) is 5.75 Å². The highest BCUT2D eigenvalue weighted by Crippen LogP contribution is 2.45. The Morgan fingerprint density at radius 1 is 1.21 bits per heavy atom. The summed E-state index contributed by atoms with van der Waals surface area (Å²) >= 11 is 0. The third-order valence-corrected chi connectivity index (χ3v) is 6.44. The lowest BCUT2D eigenvalue weighted by Gasteiger charge is -2.15. The lowest BCUT2D eigenvalue weighted by Crippen LogP contribution is -2.08. The molecule has 2 aliphatic carbocycles. The predicted molar refractivity (Wildman–Crippen MR) is 123 cm³/mol. The van der Waals surface area contributed by atoms with Gasteiger partial charge in [0.05, 0.1) is 19.2 Å². The average molecular weight is 448 g/mol. The molecule has 2 saturated carbocycles. The molecule has 2 aliphatic rings. The first-order valence-electron chi connectivity index (χ1n) is 11.3. The van der Waals surface area contributed by atoms with Gasteiger partial charge in [-0.3, -0.25) is 4.79 Å². The number of ether oxygens (including phenoxy) is 1. The number of halogens is 1. The first kappa shape index (κ1) is 21.4. The van der Waals surface area contributed by atoms with E-state index in [1.807, 2.05) is 30.4 Å². The number of carbonyl (C=O) groups is 1. The number of aliphatic carboxylic acids is 1. The maximum atomic E-state index is 14.6. The fourth-order valence-corrected chi connectivity index (χ4v) is 4.43. The van der Waals surface area contributed by atoms with E-state index >= 15 is 0 Å². The van der Waals surface area contributed by atoms with Crippen LogP contribution in [-0.2, 0) is 4.79 Å². The standard InChI is InChI=1S/C26H26FN3O3/c1-33-20-10-11-22(27)24(14-20)30-26(18-8-9-18)23(28-29-30)12-5-16-3-2-4-19(13-16)21(15-25(31)32)17-6-7-17/h2-5,10-14,17-18,21H,6-9,15H2,1H3,(H,31,32)/b12-5+/t21-/m0/s1. The number of methoxy groups -OCH3 is 1. The molecule has 7 heteroatoms. The maximum Gasteiger partial charge on any atom is 0.303 e. The highest BCUT2D eigenvalue weighted by atomic mass is 19.1. The lowest BCUT2D eigenvalue weighted by molar-refractivity contribution is -0.137. The van der Waals surface area contributed by atoms with Gasteiger partial charge in [-0.25, -0.2) is 9.07 Å². The molecular formula is C26H26FN3O3. The van der Waals surface area contributed by atoms with Gasteiger partial charge in [0.2, 0.25) is 0 Å². The van der Waals surface area contributed by atoms with Crippen LogP contribution in [0, 0.1) is 11.7 Å². The van der Waals surface area contributed by atoms with Crippen LogP contribution in [0.4, 0.5) is 4.39 Å². The Kier molecular flexibility index (Phi) is 5.70. The molecule has 1 heterocycles. The second-order valence-corrected chi connectivity index (χ2v) is 8.91. The number of rotatable bonds is 9. The van der Waals surface area contributed by atoms with E-state index in [0.717, 1.165) is 48.2 Å². The largest absolute Gasteiger partial charge is 0.497 e. The zero-order chi connectivity index (χ0) is 22.9. The molecule has 1 N–H and O–H groups in total. The van der Waals surface area contributed by atoms with E-state index in [9.17, 15) is 14.3 Å². The Morgan fingerprint density at radius 2 is 2.03 bits per heavy atom. The van der Waals surface area contributed by atoms with Crippen molar-refractivity contribution in [3.63, 3.8) is 0 Å². The second kappa shape index (κ2) is 8.81. The van der Waals surface area contributed by atoms with Crippen molar-refractivity contribution in [3.8, 4) is 11.4 Å².